The van der Waals surface area contributed by atoms with E-state index in [4.69, 9.17) is 10.00 Å². The van der Waals surface area contributed by atoms with Crippen molar-refractivity contribution in [1.29, 1.82) is 5.26 Å². The molecule has 94 valence electrons. The van der Waals surface area contributed by atoms with Gasteiger partial charge in [0.25, 0.3) is 0 Å². The van der Waals surface area contributed by atoms with Gasteiger partial charge in [-0.2, -0.15) is 5.26 Å². The summed E-state index contributed by atoms with van der Waals surface area (Å²) in [6.07, 6.45) is 0. The molecule has 0 spiro atoms. The van der Waals surface area contributed by atoms with Gasteiger partial charge in [0.15, 0.2) is 0 Å². The average molecular weight is 356 g/mol. The van der Waals surface area contributed by atoms with Crippen LogP contribution in [0.5, 0.6) is 0 Å². The molecule has 0 N–H and O–H groups in total. The van der Waals surface area contributed by atoms with Crippen molar-refractivity contribution in [2.75, 3.05) is 20.2 Å². The van der Waals surface area contributed by atoms with Crippen LogP contribution in [0.2, 0.25) is 0 Å². The van der Waals surface area contributed by atoms with Crippen LogP contribution in [0.25, 0.3) is 0 Å². The lowest BCUT2D eigenvalue weighted by molar-refractivity contribution is -0.140. The van der Waals surface area contributed by atoms with E-state index in [1.807, 2.05) is 24.3 Å². The van der Waals surface area contributed by atoms with Crippen molar-refractivity contribution in [3.63, 3.8) is 0 Å². The minimum Gasteiger partial charge on any atom is -0.468 e. The van der Waals surface area contributed by atoms with E-state index < -0.39 is 0 Å². The molecule has 1 aliphatic rings. The maximum absolute atomic E-state index is 11.3. The number of carbonyl (C=O) groups is 1. The molecule has 4 nitrogen and oxygen atoms in total. The zero-order chi connectivity index (χ0) is 13.1. The van der Waals surface area contributed by atoms with Gasteiger partial charge < -0.3 is 4.74 Å². The van der Waals surface area contributed by atoms with Crippen LogP contribution >= 0.6 is 22.6 Å². The lowest BCUT2D eigenvalue weighted by atomic mass is 10.1. The second-order valence-corrected chi connectivity index (χ2v) is 5.70. The molecule has 3 atom stereocenters. The molecule has 1 aromatic carbocycles. The van der Waals surface area contributed by atoms with Gasteiger partial charge in [-0.05, 0) is 17.7 Å². The summed E-state index contributed by atoms with van der Waals surface area (Å²) in [5.41, 5.74) is 1.84. The first kappa shape index (κ1) is 13.3. The van der Waals surface area contributed by atoms with Crippen LogP contribution in [0.1, 0.15) is 15.1 Å². The van der Waals surface area contributed by atoms with E-state index in [9.17, 15) is 4.79 Å². The molecule has 0 saturated carbocycles. The van der Waals surface area contributed by atoms with Gasteiger partial charge in [-0.25, -0.2) is 0 Å². The topological polar surface area (TPSA) is 53.1 Å². The Labute approximate surface area is 120 Å². The molecule has 0 aliphatic carbocycles. The monoisotopic (exact) mass is 356 g/mol. The number of nitriles is 1. The van der Waals surface area contributed by atoms with Gasteiger partial charge in [0.05, 0.1) is 18.7 Å². The zero-order valence-electron chi connectivity index (χ0n) is 9.97. The van der Waals surface area contributed by atoms with Crippen LogP contribution < -0.4 is 0 Å². The molecule has 1 saturated heterocycles. The summed E-state index contributed by atoms with van der Waals surface area (Å²) >= 11 is 2.36. The van der Waals surface area contributed by atoms with Crippen molar-refractivity contribution >= 4 is 28.6 Å². The predicted octanol–water partition coefficient (Wildman–Crippen LogP) is 1.89. The second kappa shape index (κ2) is 5.67. The number of nitrogens with zero attached hydrogens (tertiary/aromatic N) is 2. The van der Waals surface area contributed by atoms with E-state index in [2.05, 4.69) is 33.6 Å². The number of benzene rings is 1. The lowest BCUT2D eigenvalue weighted by Gasteiger charge is -2.11. The SMILES string of the molecule is COC(=O)C1CN1CC(I)c1ccc(C#N)cc1. The van der Waals surface area contributed by atoms with Crippen LogP contribution in [-0.2, 0) is 9.53 Å². The smallest absolute Gasteiger partial charge is 0.324 e. The van der Waals surface area contributed by atoms with E-state index in [0.29, 0.717) is 9.49 Å². The molecule has 0 aromatic heterocycles. The normalized spacial score (nSPS) is 22.9. The number of alkyl halides is 1. The summed E-state index contributed by atoms with van der Waals surface area (Å²) in [6.45, 7) is 1.61. The molecule has 0 bridgehead atoms. The highest BCUT2D eigenvalue weighted by atomic mass is 127. The van der Waals surface area contributed by atoms with Crippen molar-refractivity contribution in [3.8, 4) is 6.07 Å². The summed E-state index contributed by atoms with van der Waals surface area (Å²) in [7, 11) is 1.42. The molecular weight excluding hydrogens is 343 g/mol. The van der Waals surface area contributed by atoms with Gasteiger partial charge in [-0.1, -0.05) is 34.7 Å². The first-order chi connectivity index (χ1) is 8.65. The highest BCUT2D eigenvalue weighted by Crippen LogP contribution is 2.30. The van der Waals surface area contributed by atoms with Gasteiger partial charge in [-0.3, -0.25) is 9.69 Å². The summed E-state index contributed by atoms with van der Waals surface area (Å²) < 4.78 is 5.01. The Balaban J connectivity index is 1.91. The van der Waals surface area contributed by atoms with E-state index in [1.165, 1.54) is 12.7 Å². The Bertz CT molecular complexity index is 481. The first-order valence-electron chi connectivity index (χ1n) is 5.61. The maximum atomic E-state index is 11.3. The Hall–Kier alpha value is -1.13. The number of rotatable bonds is 4. The second-order valence-electron chi connectivity index (χ2n) is 4.19. The van der Waals surface area contributed by atoms with Crippen molar-refractivity contribution in [1.82, 2.24) is 4.90 Å². The molecule has 0 amide bonds. The van der Waals surface area contributed by atoms with Crippen LogP contribution in [0.3, 0.4) is 0 Å². The quantitative estimate of drug-likeness (QED) is 0.358. The van der Waals surface area contributed by atoms with Crippen molar-refractivity contribution in [2.24, 2.45) is 0 Å². The van der Waals surface area contributed by atoms with E-state index >= 15 is 0 Å². The predicted molar refractivity (Wildman–Crippen MR) is 75.3 cm³/mol. The molecular formula is C13H13IN2O2. The highest BCUT2D eigenvalue weighted by molar-refractivity contribution is 14.1. The van der Waals surface area contributed by atoms with Gasteiger partial charge in [0.2, 0.25) is 0 Å². The third-order valence-electron chi connectivity index (χ3n) is 2.98. The van der Waals surface area contributed by atoms with Gasteiger partial charge in [-0.15, -0.1) is 0 Å². The number of esters is 1. The molecule has 1 aliphatic heterocycles. The van der Waals surface area contributed by atoms with Crippen molar-refractivity contribution in [3.05, 3.63) is 35.4 Å². The lowest BCUT2D eigenvalue weighted by Crippen LogP contribution is -2.17. The van der Waals surface area contributed by atoms with Crippen LogP contribution in [-0.4, -0.2) is 37.1 Å². The number of methoxy groups -OCH3 is 1. The third kappa shape index (κ3) is 3.00. The third-order valence-corrected chi connectivity index (χ3v) is 4.10. The molecule has 1 fully saturated rings. The Morgan fingerprint density at radius 1 is 1.61 bits per heavy atom. The molecule has 1 heterocycles. The first-order valence-corrected chi connectivity index (χ1v) is 6.86. The van der Waals surface area contributed by atoms with E-state index in [1.54, 1.807) is 0 Å². The number of hydrogen-bond donors (Lipinski definition) is 0. The Morgan fingerprint density at radius 2 is 2.28 bits per heavy atom. The largest absolute Gasteiger partial charge is 0.468 e. The summed E-state index contributed by atoms with van der Waals surface area (Å²) in [6, 6.07) is 9.61. The Morgan fingerprint density at radius 3 is 2.83 bits per heavy atom. The van der Waals surface area contributed by atoms with Crippen LogP contribution in [0, 0.1) is 11.3 Å². The number of ether oxygens (including phenoxy) is 1. The number of hydrogen-bond acceptors (Lipinski definition) is 4. The molecule has 5 heteroatoms. The minimum atomic E-state index is -0.154. The zero-order valence-corrected chi connectivity index (χ0v) is 12.1. The number of halogens is 1. The number of carbonyl (C=O) groups excluding carboxylic acids is 1. The summed E-state index contributed by atoms with van der Waals surface area (Å²) in [5, 5.41) is 8.73. The van der Waals surface area contributed by atoms with Gasteiger partial charge >= 0.3 is 5.97 Å². The highest BCUT2D eigenvalue weighted by Gasteiger charge is 2.42. The fraction of sp³-hybridized carbons (Fsp3) is 0.385. The van der Waals surface area contributed by atoms with Crippen LogP contribution in [0.4, 0.5) is 0 Å². The molecule has 3 unspecified atom stereocenters. The summed E-state index contributed by atoms with van der Waals surface area (Å²) in [4.78, 5) is 13.4. The maximum Gasteiger partial charge on any atom is 0.324 e. The fourth-order valence-corrected chi connectivity index (χ4v) is 2.74. The summed E-state index contributed by atoms with van der Waals surface area (Å²) in [5.74, 6) is -0.154. The molecule has 2 rings (SSSR count). The van der Waals surface area contributed by atoms with Gasteiger partial charge in [0.1, 0.15) is 6.04 Å². The van der Waals surface area contributed by atoms with Crippen molar-refractivity contribution in [2.45, 2.75) is 9.97 Å². The minimum absolute atomic E-state index is 0.0642. The van der Waals surface area contributed by atoms with Crippen molar-refractivity contribution < 1.29 is 9.53 Å². The molecule has 18 heavy (non-hydrogen) atoms. The fourth-order valence-electron chi connectivity index (χ4n) is 1.81. The van der Waals surface area contributed by atoms with E-state index in [0.717, 1.165) is 13.1 Å². The Kier molecular flexibility index (Phi) is 4.19. The average Bonchev–Trinajstić information content (AvgIpc) is 3.17. The standard InChI is InChI=1S/C13H13IN2O2/c1-18-13(17)12-8-16(12)7-11(14)10-4-2-9(6-15)3-5-10/h2-5,11-12H,7-8H2,1H3. The van der Waals surface area contributed by atoms with Crippen LogP contribution in [0.15, 0.2) is 24.3 Å². The van der Waals surface area contributed by atoms with E-state index in [-0.39, 0.29) is 12.0 Å². The van der Waals surface area contributed by atoms with Gasteiger partial charge in [0, 0.05) is 17.0 Å². The molecule has 1 aromatic rings. The molecule has 0 radical (unpaired) electrons.